The van der Waals surface area contributed by atoms with Crippen LogP contribution in [-0.2, 0) is 4.79 Å². The first kappa shape index (κ1) is 14.3. The maximum absolute atomic E-state index is 11.6. The lowest BCUT2D eigenvalue weighted by Gasteiger charge is -2.08. The van der Waals surface area contributed by atoms with Crippen molar-refractivity contribution in [1.29, 1.82) is 0 Å². The van der Waals surface area contributed by atoms with Gasteiger partial charge in [0.25, 0.3) is 0 Å². The van der Waals surface area contributed by atoms with Crippen LogP contribution in [0.5, 0.6) is 0 Å². The van der Waals surface area contributed by atoms with Gasteiger partial charge in [-0.1, -0.05) is 0 Å². The van der Waals surface area contributed by atoms with Crippen LogP contribution < -0.4 is 16.0 Å². The molecule has 4 N–H and O–H groups in total. The van der Waals surface area contributed by atoms with Crippen LogP contribution in [0, 0.1) is 5.92 Å². The zero-order valence-electron chi connectivity index (χ0n) is 11.2. The molecule has 0 atom stereocenters. The molecule has 108 valence electrons. The van der Waals surface area contributed by atoms with Crippen LogP contribution in [0.1, 0.15) is 19.3 Å². The summed E-state index contributed by atoms with van der Waals surface area (Å²) >= 11 is 0. The normalized spacial score (nSPS) is 13.7. The summed E-state index contributed by atoms with van der Waals surface area (Å²) in [5.74, 6) is 0.234. The first-order valence-electron chi connectivity index (χ1n) is 6.75. The molecule has 20 heavy (non-hydrogen) atoms. The smallest absolute Gasteiger partial charge is 0.319 e. The Balaban J connectivity index is 1.78. The molecule has 1 saturated carbocycles. The third-order valence-corrected chi connectivity index (χ3v) is 2.98. The average molecular weight is 277 g/mol. The topological polar surface area (TPSA) is 90.5 Å². The molecule has 1 aromatic carbocycles. The zero-order valence-corrected chi connectivity index (χ0v) is 11.2. The van der Waals surface area contributed by atoms with E-state index in [2.05, 4.69) is 16.0 Å². The molecule has 6 nitrogen and oxygen atoms in total. The van der Waals surface area contributed by atoms with E-state index < -0.39 is 0 Å². The Kier molecular flexibility index (Phi) is 4.95. The summed E-state index contributed by atoms with van der Waals surface area (Å²) in [6, 6.07) is 6.66. The van der Waals surface area contributed by atoms with Crippen LogP contribution in [0.3, 0.4) is 0 Å². The molecular formula is C14H19N3O3. The predicted octanol–water partition coefficient (Wildman–Crippen LogP) is 1.54. The third-order valence-electron chi connectivity index (χ3n) is 2.98. The summed E-state index contributed by atoms with van der Waals surface area (Å²) in [4.78, 5) is 23.0. The summed E-state index contributed by atoms with van der Waals surface area (Å²) in [6.45, 7) is 0.480. The molecule has 2 rings (SSSR count). The second-order valence-corrected chi connectivity index (χ2v) is 4.80. The van der Waals surface area contributed by atoms with Crippen molar-refractivity contribution >= 4 is 23.3 Å². The highest BCUT2D eigenvalue weighted by atomic mass is 16.3. The predicted molar refractivity (Wildman–Crippen MR) is 76.5 cm³/mol. The molecule has 0 radical (unpaired) electrons. The quantitative estimate of drug-likeness (QED) is 0.594. The van der Waals surface area contributed by atoms with Crippen molar-refractivity contribution in [2.75, 3.05) is 23.8 Å². The number of rotatable bonds is 6. The molecular weight excluding hydrogens is 258 g/mol. The number of amides is 3. The number of carbonyl (C=O) groups is 2. The van der Waals surface area contributed by atoms with Gasteiger partial charge in [-0.25, -0.2) is 4.79 Å². The lowest BCUT2D eigenvalue weighted by atomic mass is 10.2. The van der Waals surface area contributed by atoms with E-state index in [0.29, 0.717) is 18.7 Å². The summed E-state index contributed by atoms with van der Waals surface area (Å²) in [6.07, 6.45) is 2.47. The van der Waals surface area contributed by atoms with Crippen molar-refractivity contribution in [2.24, 2.45) is 5.92 Å². The Labute approximate surface area is 117 Å². The third kappa shape index (κ3) is 4.55. The number of hydrogen-bond acceptors (Lipinski definition) is 3. The van der Waals surface area contributed by atoms with E-state index in [-0.39, 0.29) is 24.5 Å². The Bertz CT molecular complexity index is 469. The van der Waals surface area contributed by atoms with E-state index in [1.54, 1.807) is 24.3 Å². The van der Waals surface area contributed by atoms with E-state index >= 15 is 0 Å². The Morgan fingerprint density at radius 1 is 1.10 bits per heavy atom. The van der Waals surface area contributed by atoms with Crippen molar-refractivity contribution in [3.63, 3.8) is 0 Å². The van der Waals surface area contributed by atoms with Gasteiger partial charge in [-0.2, -0.15) is 0 Å². The number of carbonyl (C=O) groups excluding carboxylic acids is 2. The van der Waals surface area contributed by atoms with E-state index in [9.17, 15) is 9.59 Å². The van der Waals surface area contributed by atoms with Crippen molar-refractivity contribution in [1.82, 2.24) is 5.32 Å². The van der Waals surface area contributed by atoms with E-state index in [1.165, 1.54) is 0 Å². The van der Waals surface area contributed by atoms with Crippen LogP contribution in [-0.4, -0.2) is 30.2 Å². The molecule has 1 aromatic rings. The maximum atomic E-state index is 11.6. The molecule has 0 unspecified atom stereocenters. The summed E-state index contributed by atoms with van der Waals surface area (Å²) in [5, 5.41) is 16.7. The first-order valence-corrected chi connectivity index (χ1v) is 6.75. The maximum Gasteiger partial charge on any atom is 0.319 e. The van der Waals surface area contributed by atoms with Gasteiger partial charge in [-0.3, -0.25) is 4.79 Å². The number of urea groups is 1. The zero-order chi connectivity index (χ0) is 14.4. The first-order chi connectivity index (χ1) is 9.69. The number of hydrogen-bond donors (Lipinski definition) is 4. The minimum atomic E-state index is -0.312. The largest absolute Gasteiger partial charge is 0.396 e. The minimum absolute atomic E-state index is 0.0513. The van der Waals surface area contributed by atoms with Gasteiger partial charge in [0.05, 0.1) is 0 Å². The van der Waals surface area contributed by atoms with Crippen molar-refractivity contribution in [2.45, 2.75) is 19.3 Å². The SMILES string of the molecule is O=C(NCCCO)Nc1ccc(NC(=O)C2CC2)cc1. The van der Waals surface area contributed by atoms with Gasteiger partial charge in [0, 0.05) is 30.4 Å². The molecule has 1 fully saturated rings. The van der Waals surface area contributed by atoms with Crippen LogP contribution in [0.15, 0.2) is 24.3 Å². The van der Waals surface area contributed by atoms with E-state index in [1.807, 2.05) is 0 Å². The van der Waals surface area contributed by atoms with Gasteiger partial charge in [0.2, 0.25) is 5.91 Å². The van der Waals surface area contributed by atoms with Gasteiger partial charge in [0.1, 0.15) is 0 Å². The van der Waals surface area contributed by atoms with Gasteiger partial charge < -0.3 is 21.1 Å². The Hall–Kier alpha value is -2.08. The molecule has 0 heterocycles. The Morgan fingerprint density at radius 3 is 2.25 bits per heavy atom. The summed E-state index contributed by atoms with van der Waals surface area (Å²) in [7, 11) is 0. The van der Waals surface area contributed by atoms with E-state index in [0.717, 1.165) is 18.5 Å². The van der Waals surface area contributed by atoms with E-state index in [4.69, 9.17) is 5.11 Å². The lowest BCUT2D eigenvalue weighted by molar-refractivity contribution is -0.117. The molecule has 6 heteroatoms. The molecule has 1 aliphatic carbocycles. The number of aliphatic hydroxyl groups is 1. The van der Waals surface area contributed by atoms with Crippen LogP contribution in [0.2, 0.25) is 0 Å². The second kappa shape index (κ2) is 6.91. The van der Waals surface area contributed by atoms with Crippen LogP contribution in [0.25, 0.3) is 0 Å². The summed E-state index contributed by atoms with van der Waals surface area (Å²) in [5.41, 5.74) is 1.38. The fraction of sp³-hybridized carbons (Fsp3) is 0.429. The highest BCUT2D eigenvalue weighted by Crippen LogP contribution is 2.30. The molecule has 3 amide bonds. The molecule has 0 saturated heterocycles. The van der Waals surface area contributed by atoms with Gasteiger partial charge in [0.15, 0.2) is 0 Å². The van der Waals surface area contributed by atoms with Gasteiger partial charge >= 0.3 is 6.03 Å². The van der Waals surface area contributed by atoms with Crippen molar-refractivity contribution < 1.29 is 14.7 Å². The van der Waals surface area contributed by atoms with Crippen molar-refractivity contribution in [3.05, 3.63) is 24.3 Å². The molecule has 0 spiro atoms. The highest BCUT2D eigenvalue weighted by Gasteiger charge is 2.29. The minimum Gasteiger partial charge on any atom is -0.396 e. The van der Waals surface area contributed by atoms with Crippen molar-refractivity contribution in [3.8, 4) is 0 Å². The molecule has 1 aliphatic rings. The highest BCUT2D eigenvalue weighted by molar-refractivity contribution is 5.94. The average Bonchev–Trinajstić information content (AvgIpc) is 3.26. The van der Waals surface area contributed by atoms with Crippen LogP contribution in [0.4, 0.5) is 16.2 Å². The standard InChI is InChI=1S/C14H19N3O3/c18-9-1-8-15-14(20)17-12-6-4-11(5-7-12)16-13(19)10-2-3-10/h4-7,10,18H,1-3,8-9H2,(H,16,19)(H2,15,17,20). The molecule has 0 aromatic heterocycles. The summed E-state index contributed by atoms with van der Waals surface area (Å²) < 4.78 is 0. The number of anilines is 2. The second-order valence-electron chi connectivity index (χ2n) is 4.80. The Morgan fingerprint density at radius 2 is 1.70 bits per heavy atom. The number of aliphatic hydroxyl groups excluding tert-OH is 1. The monoisotopic (exact) mass is 277 g/mol. The lowest BCUT2D eigenvalue weighted by Crippen LogP contribution is -2.29. The molecule has 0 bridgehead atoms. The molecule has 0 aliphatic heterocycles. The number of nitrogens with one attached hydrogen (secondary N) is 3. The fourth-order valence-corrected chi connectivity index (χ4v) is 1.68. The fourth-order valence-electron chi connectivity index (χ4n) is 1.68. The van der Waals surface area contributed by atoms with Gasteiger partial charge in [-0.05, 0) is 43.5 Å². The van der Waals surface area contributed by atoms with Gasteiger partial charge in [-0.15, -0.1) is 0 Å². The number of benzene rings is 1. The van der Waals surface area contributed by atoms with Crippen LogP contribution >= 0.6 is 0 Å².